The van der Waals surface area contributed by atoms with Gasteiger partial charge in [0.25, 0.3) is 0 Å². The summed E-state index contributed by atoms with van der Waals surface area (Å²) in [6, 6.07) is 13.3. The van der Waals surface area contributed by atoms with Crippen molar-refractivity contribution in [2.75, 3.05) is 16.9 Å². The zero-order valence-electron chi connectivity index (χ0n) is 14.8. The van der Waals surface area contributed by atoms with Crippen LogP contribution in [0.4, 0.5) is 5.69 Å². The fourth-order valence-corrected chi connectivity index (χ4v) is 4.11. The highest BCUT2D eigenvalue weighted by molar-refractivity contribution is 7.99. The number of nitrogens with one attached hydrogen (secondary N) is 1. The van der Waals surface area contributed by atoms with E-state index in [1.165, 1.54) is 23.9 Å². The van der Waals surface area contributed by atoms with Crippen LogP contribution in [0.1, 0.15) is 21.5 Å². The van der Waals surface area contributed by atoms with E-state index in [1.54, 1.807) is 17.0 Å². The molecule has 1 aliphatic heterocycles. The van der Waals surface area contributed by atoms with Gasteiger partial charge in [-0.3, -0.25) is 9.59 Å². The number of para-hydroxylation sites is 1. The van der Waals surface area contributed by atoms with Gasteiger partial charge < -0.3 is 15.3 Å². The van der Waals surface area contributed by atoms with Gasteiger partial charge >= 0.3 is 5.97 Å². The Bertz CT molecular complexity index is 884. The van der Waals surface area contributed by atoms with Crippen LogP contribution in [0.3, 0.4) is 0 Å². The normalized spacial score (nSPS) is 16.2. The molecule has 6 nitrogen and oxygen atoms in total. The molecule has 0 spiro atoms. The highest BCUT2D eigenvalue weighted by Gasteiger charge is 2.34. The van der Waals surface area contributed by atoms with Gasteiger partial charge in [-0.1, -0.05) is 30.3 Å². The van der Waals surface area contributed by atoms with Crippen molar-refractivity contribution in [1.29, 1.82) is 0 Å². The minimum Gasteiger partial charge on any atom is -0.478 e. The largest absolute Gasteiger partial charge is 0.478 e. The van der Waals surface area contributed by atoms with E-state index < -0.39 is 12.0 Å². The number of rotatable bonds is 5. The average Bonchev–Trinajstić information content (AvgIpc) is 3.14. The Hall–Kier alpha value is -2.80. The molecule has 3 rings (SSSR count). The van der Waals surface area contributed by atoms with Crippen LogP contribution in [0, 0.1) is 6.92 Å². The fraction of sp³-hybridized carbons (Fsp3) is 0.250. The van der Waals surface area contributed by atoms with E-state index in [1.807, 2.05) is 31.2 Å². The van der Waals surface area contributed by atoms with Gasteiger partial charge in [-0.15, -0.1) is 11.8 Å². The summed E-state index contributed by atoms with van der Waals surface area (Å²) < 4.78 is 0. The van der Waals surface area contributed by atoms with Crippen molar-refractivity contribution >= 4 is 35.2 Å². The molecule has 2 amide bonds. The molecule has 1 heterocycles. The fourth-order valence-electron chi connectivity index (χ4n) is 2.93. The summed E-state index contributed by atoms with van der Waals surface area (Å²) in [5.41, 5.74) is 2.46. The number of anilines is 1. The van der Waals surface area contributed by atoms with E-state index in [2.05, 4.69) is 5.32 Å². The van der Waals surface area contributed by atoms with E-state index >= 15 is 0 Å². The van der Waals surface area contributed by atoms with Gasteiger partial charge in [0.15, 0.2) is 0 Å². The molecule has 1 fully saturated rings. The first-order chi connectivity index (χ1) is 13.0. The third-order valence-electron chi connectivity index (χ3n) is 4.44. The molecule has 0 saturated carbocycles. The predicted octanol–water partition coefficient (Wildman–Crippen LogP) is 2.78. The molecular formula is C20H20N2O4S. The second-order valence-electron chi connectivity index (χ2n) is 6.37. The maximum atomic E-state index is 12.7. The highest BCUT2D eigenvalue weighted by atomic mass is 32.2. The van der Waals surface area contributed by atoms with Gasteiger partial charge in [0, 0.05) is 11.4 Å². The zero-order valence-corrected chi connectivity index (χ0v) is 15.7. The Balaban J connectivity index is 1.69. The number of hydrogen-bond donors (Lipinski definition) is 2. The van der Waals surface area contributed by atoms with Crippen molar-refractivity contribution in [3.05, 3.63) is 65.2 Å². The summed E-state index contributed by atoms with van der Waals surface area (Å²) in [7, 11) is 0. The maximum absolute atomic E-state index is 12.7. The second-order valence-corrected chi connectivity index (χ2v) is 7.37. The molecule has 0 aromatic heterocycles. The van der Waals surface area contributed by atoms with Gasteiger partial charge in [0.1, 0.15) is 6.04 Å². The molecule has 1 atom stereocenters. The van der Waals surface area contributed by atoms with Crippen molar-refractivity contribution < 1.29 is 19.5 Å². The topological polar surface area (TPSA) is 86.7 Å². The highest BCUT2D eigenvalue weighted by Crippen LogP contribution is 2.24. The van der Waals surface area contributed by atoms with E-state index in [0.717, 1.165) is 11.3 Å². The second kappa shape index (κ2) is 8.26. The average molecular weight is 384 g/mol. The number of amides is 2. The summed E-state index contributed by atoms with van der Waals surface area (Å²) in [4.78, 5) is 38.0. The van der Waals surface area contributed by atoms with Gasteiger partial charge in [0.2, 0.25) is 11.8 Å². The van der Waals surface area contributed by atoms with Crippen molar-refractivity contribution in [2.24, 2.45) is 0 Å². The quantitative estimate of drug-likeness (QED) is 0.828. The monoisotopic (exact) mass is 384 g/mol. The molecule has 2 aromatic rings. The molecular weight excluding hydrogens is 364 g/mol. The van der Waals surface area contributed by atoms with Crippen molar-refractivity contribution in [1.82, 2.24) is 4.90 Å². The van der Waals surface area contributed by atoms with Crippen molar-refractivity contribution in [2.45, 2.75) is 19.4 Å². The molecule has 1 aliphatic rings. The Morgan fingerprint density at radius 1 is 1.19 bits per heavy atom. The van der Waals surface area contributed by atoms with Crippen molar-refractivity contribution in [3.8, 4) is 0 Å². The van der Waals surface area contributed by atoms with Crippen LogP contribution in [0.2, 0.25) is 0 Å². The smallest absolute Gasteiger partial charge is 0.335 e. The molecule has 27 heavy (non-hydrogen) atoms. The Morgan fingerprint density at radius 3 is 2.70 bits per heavy atom. The number of carbonyl (C=O) groups is 3. The number of carbonyl (C=O) groups excluding carboxylic acids is 2. The number of benzene rings is 2. The summed E-state index contributed by atoms with van der Waals surface area (Å²) in [6.45, 7) is 1.91. The van der Waals surface area contributed by atoms with Crippen molar-refractivity contribution in [3.63, 3.8) is 0 Å². The predicted molar refractivity (Wildman–Crippen MR) is 105 cm³/mol. The number of thioether (sulfide) groups is 1. The van der Waals surface area contributed by atoms with Gasteiger partial charge in [-0.05, 0) is 36.2 Å². The summed E-state index contributed by atoms with van der Waals surface area (Å²) >= 11 is 1.53. The van der Waals surface area contributed by atoms with E-state index in [0.29, 0.717) is 17.2 Å². The van der Waals surface area contributed by atoms with E-state index in [4.69, 9.17) is 5.11 Å². The minimum atomic E-state index is -1.03. The number of aryl methyl sites for hydroxylation is 1. The third kappa shape index (κ3) is 4.49. The van der Waals surface area contributed by atoms with Crippen LogP contribution in [0.15, 0.2) is 48.5 Å². The summed E-state index contributed by atoms with van der Waals surface area (Å²) in [5, 5.41) is 12.0. The first-order valence-electron chi connectivity index (χ1n) is 8.51. The number of carboxylic acids is 1. The van der Waals surface area contributed by atoms with Gasteiger partial charge in [-0.25, -0.2) is 4.79 Å². The Morgan fingerprint density at radius 2 is 1.96 bits per heavy atom. The molecule has 0 radical (unpaired) electrons. The lowest BCUT2D eigenvalue weighted by Crippen LogP contribution is -2.45. The lowest BCUT2D eigenvalue weighted by Gasteiger charge is -2.23. The molecule has 1 saturated heterocycles. The maximum Gasteiger partial charge on any atom is 0.335 e. The minimum absolute atomic E-state index is 0.0653. The molecule has 2 aromatic carbocycles. The van der Waals surface area contributed by atoms with Crippen LogP contribution < -0.4 is 5.32 Å². The lowest BCUT2D eigenvalue weighted by molar-refractivity contribution is -0.135. The van der Waals surface area contributed by atoms with Crippen LogP contribution in [-0.4, -0.2) is 45.5 Å². The summed E-state index contributed by atoms with van der Waals surface area (Å²) in [5.74, 6) is -0.437. The third-order valence-corrected chi connectivity index (χ3v) is 5.45. The van der Waals surface area contributed by atoms with E-state index in [-0.39, 0.29) is 23.8 Å². The van der Waals surface area contributed by atoms with E-state index in [9.17, 15) is 14.4 Å². The molecule has 0 aliphatic carbocycles. The lowest BCUT2D eigenvalue weighted by atomic mass is 10.1. The SMILES string of the molecule is Cc1ccccc1NC(=O)C1CSCN1C(=O)Cc1cccc(C(=O)O)c1. The zero-order chi connectivity index (χ0) is 19.4. The van der Waals surface area contributed by atoms with Gasteiger partial charge in [-0.2, -0.15) is 0 Å². The number of hydrogen-bond acceptors (Lipinski definition) is 4. The molecule has 2 N–H and O–H groups in total. The van der Waals surface area contributed by atoms with Crippen LogP contribution >= 0.6 is 11.8 Å². The molecule has 0 bridgehead atoms. The van der Waals surface area contributed by atoms with Gasteiger partial charge in [0.05, 0.1) is 17.9 Å². The van der Waals surface area contributed by atoms with Crippen LogP contribution in [0.5, 0.6) is 0 Å². The molecule has 1 unspecified atom stereocenters. The van der Waals surface area contributed by atoms with Crippen LogP contribution in [0.25, 0.3) is 0 Å². The van der Waals surface area contributed by atoms with Crippen LogP contribution in [-0.2, 0) is 16.0 Å². The first-order valence-corrected chi connectivity index (χ1v) is 9.67. The Kier molecular flexibility index (Phi) is 5.81. The Labute approximate surface area is 161 Å². The first kappa shape index (κ1) is 19.0. The molecule has 7 heteroatoms. The number of aromatic carboxylic acids is 1. The standard InChI is InChI=1S/C20H20N2O4S/c1-13-5-2-3-8-16(13)21-19(24)17-11-27-12-22(17)18(23)10-14-6-4-7-15(9-14)20(25)26/h2-9,17H,10-12H2,1H3,(H,21,24)(H,25,26). The number of carboxylic acid groups (broad SMARTS) is 1. The number of nitrogens with zero attached hydrogens (tertiary/aromatic N) is 1. The summed E-state index contributed by atoms with van der Waals surface area (Å²) in [6.07, 6.45) is 0.0653. The molecule has 140 valence electrons.